The first kappa shape index (κ1) is 30.6. The maximum Gasteiger partial charge on any atom is 0.241 e. The third-order valence-corrected chi connectivity index (χ3v) is 10.00. The topological polar surface area (TPSA) is 84.3 Å². The van der Waals surface area contributed by atoms with E-state index in [0.717, 1.165) is 28.7 Å². The van der Waals surface area contributed by atoms with Gasteiger partial charge in [-0.2, -0.15) is 0 Å². The highest BCUT2D eigenvalue weighted by Gasteiger charge is 2.36. The van der Waals surface area contributed by atoms with Gasteiger partial charge in [0.25, 0.3) is 0 Å². The van der Waals surface area contributed by atoms with E-state index in [9.17, 15) is 17.6 Å². The molecule has 43 heavy (non-hydrogen) atoms. The van der Waals surface area contributed by atoms with Gasteiger partial charge in [-0.25, -0.2) is 22.5 Å². The third-order valence-electron chi connectivity index (χ3n) is 8.53. The number of fused-ring (bicyclic) bond motifs is 1. The zero-order valence-corrected chi connectivity index (χ0v) is 26.2. The van der Waals surface area contributed by atoms with Gasteiger partial charge in [-0.3, -0.25) is 4.79 Å². The van der Waals surface area contributed by atoms with Crippen LogP contribution in [-0.4, -0.2) is 23.9 Å². The van der Waals surface area contributed by atoms with Crippen LogP contribution in [-0.2, 0) is 33.8 Å². The lowest BCUT2D eigenvalue weighted by molar-refractivity contribution is -0.119. The number of halogens is 1. The van der Waals surface area contributed by atoms with Crippen LogP contribution >= 0.6 is 0 Å². The zero-order chi connectivity index (χ0) is 30.9. The summed E-state index contributed by atoms with van der Waals surface area (Å²) in [6, 6.07) is 18.7. The van der Waals surface area contributed by atoms with Gasteiger partial charge in [0.05, 0.1) is 11.4 Å². The number of imidazole rings is 1. The number of aromatic nitrogens is 2. The minimum atomic E-state index is -3.78. The van der Waals surface area contributed by atoms with Gasteiger partial charge in [0.2, 0.25) is 15.9 Å². The van der Waals surface area contributed by atoms with Gasteiger partial charge < -0.3 is 9.47 Å². The van der Waals surface area contributed by atoms with Crippen molar-refractivity contribution in [1.82, 2.24) is 14.3 Å². The molecule has 9 heteroatoms. The van der Waals surface area contributed by atoms with Crippen LogP contribution in [0.1, 0.15) is 80.1 Å². The van der Waals surface area contributed by atoms with Crippen molar-refractivity contribution in [2.24, 2.45) is 7.05 Å². The summed E-state index contributed by atoms with van der Waals surface area (Å²) in [5.41, 5.74) is 4.03. The lowest BCUT2D eigenvalue weighted by atomic mass is 9.71. The van der Waals surface area contributed by atoms with Crippen LogP contribution in [0.25, 0.3) is 0 Å². The van der Waals surface area contributed by atoms with E-state index in [1.165, 1.54) is 12.1 Å². The van der Waals surface area contributed by atoms with Crippen molar-refractivity contribution in [3.63, 3.8) is 0 Å². The van der Waals surface area contributed by atoms with Gasteiger partial charge >= 0.3 is 0 Å². The average molecular weight is 603 g/mol. The van der Waals surface area contributed by atoms with Gasteiger partial charge in [0, 0.05) is 37.6 Å². The van der Waals surface area contributed by atoms with Gasteiger partial charge in [0.1, 0.15) is 11.6 Å². The van der Waals surface area contributed by atoms with E-state index in [0.29, 0.717) is 17.9 Å². The summed E-state index contributed by atoms with van der Waals surface area (Å²) in [5, 5.41) is 0. The van der Waals surface area contributed by atoms with E-state index in [1.54, 1.807) is 35.4 Å². The Morgan fingerprint density at radius 1 is 1.14 bits per heavy atom. The van der Waals surface area contributed by atoms with Crippen molar-refractivity contribution < 1.29 is 17.6 Å². The molecule has 1 N–H and O–H groups in total. The molecule has 0 saturated heterocycles. The zero-order valence-electron chi connectivity index (χ0n) is 25.3. The summed E-state index contributed by atoms with van der Waals surface area (Å²) in [4.78, 5) is 20.3. The number of hydrogen-bond donors (Lipinski definition) is 1. The molecule has 0 radical (unpaired) electrons. The average Bonchev–Trinajstić information content (AvgIpc) is 3.37. The standard InChI is InChI=1S/C34H39FN4O3S/c1-23-8-6-11-28(18-23)43(41,42)37-31-14-15-34(3,4)30-13-12-27(21-29(30)31)39(22-32-36-16-17-38(32)5)33(40)19-24(2)25-9-7-10-26(35)20-25/h6-13,16-18,20-21,24,31,37H,14-15,19,22H2,1-5H3/t24-,31-/m1/s1. The Morgan fingerprint density at radius 3 is 2.60 bits per heavy atom. The van der Waals surface area contributed by atoms with Crippen LogP contribution in [0.15, 0.2) is 84.0 Å². The van der Waals surface area contributed by atoms with Gasteiger partial charge in [-0.15, -0.1) is 0 Å². The number of amides is 1. The van der Waals surface area contributed by atoms with Crippen molar-refractivity contribution in [2.75, 3.05) is 4.90 Å². The highest BCUT2D eigenvalue weighted by atomic mass is 32.2. The predicted octanol–water partition coefficient (Wildman–Crippen LogP) is 6.69. The maximum atomic E-state index is 14.0. The van der Waals surface area contributed by atoms with E-state index in [1.807, 2.05) is 62.0 Å². The lowest BCUT2D eigenvalue weighted by Gasteiger charge is -2.38. The minimum absolute atomic E-state index is 0.133. The van der Waals surface area contributed by atoms with E-state index >= 15 is 0 Å². The molecule has 0 saturated carbocycles. The van der Waals surface area contributed by atoms with E-state index in [-0.39, 0.29) is 40.9 Å². The van der Waals surface area contributed by atoms with E-state index in [2.05, 4.69) is 23.6 Å². The molecule has 1 aliphatic rings. The number of anilines is 1. The molecule has 1 amide bonds. The van der Waals surface area contributed by atoms with Gasteiger partial charge in [-0.1, -0.05) is 51.1 Å². The Morgan fingerprint density at radius 2 is 1.91 bits per heavy atom. The number of carbonyl (C=O) groups excluding carboxylic acids is 1. The fourth-order valence-corrected chi connectivity index (χ4v) is 7.25. The molecule has 5 rings (SSSR count). The van der Waals surface area contributed by atoms with Crippen LogP contribution in [0, 0.1) is 12.7 Å². The number of hydrogen-bond acceptors (Lipinski definition) is 4. The van der Waals surface area contributed by atoms with E-state index in [4.69, 9.17) is 0 Å². The number of aryl methyl sites for hydroxylation is 2. The van der Waals surface area contributed by atoms with Crippen LogP contribution in [0.3, 0.4) is 0 Å². The molecule has 1 aliphatic carbocycles. The Labute approximate surface area is 253 Å². The molecule has 226 valence electrons. The Bertz CT molecular complexity index is 1750. The fraction of sp³-hybridized carbons (Fsp3) is 0.353. The van der Waals surface area contributed by atoms with Crippen LogP contribution < -0.4 is 9.62 Å². The van der Waals surface area contributed by atoms with Crippen molar-refractivity contribution in [3.05, 3.63) is 113 Å². The Hall–Kier alpha value is -3.82. The van der Waals surface area contributed by atoms with Crippen LogP contribution in [0.4, 0.5) is 10.1 Å². The molecular weight excluding hydrogens is 563 g/mol. The van der Waals surface area contributed by atoms with E-state index < -0.39 is 16.1 Å². The summed E-state index contributed by atoms with van der Waals surface area (Å²) >= 11 is 0. The van der Waals surface area contributed by atoms with Crippen LogP contribution in [0.5, 0.6) is 0 Å². The highest BCUT2D eigenvalue weighted by molar-refractivity contribution is 7.89. The molecule has 1 aromatic heterocycles. The second-order valence-electron chi connectivity index (χ2n) is 12.3. The fourth-order valence-electron chi connectivity index (χ4n) is 5.90. The summed E-state index contributed by atoms with van der Waals surface area (Å²) in [6.45, 7) is 8.34. The molecule has 4 aromatic rings. The summed E-state index contributed by atoms with van der Waals surface area (Å²) in [5.74, 6) is 0.0313. The van der Waals surface area contributed by atoms with Gasteiger partial charge in [-0.05, 0) is 89.8 Å². The number of sulfonamides is 1. The highest BCUT2D eigenvalue weighted by Crippen LogP contribution is 2.43. The van der Waals surface area contributed by atoms with Crippen molar-refractivity contribution in [3.8, 4) is 0 Å². The Kier molecular flexibility index (Phi) is 8.58. The molecule has 0 fully saturated rings. The molecule has 0 spiro atoms. The molecule has 0 unspecified atom stereocenters. The van der Waals surface area contributed by atoms with Crippen LogP contribution in [0.2, 0.25) is 0 Å². The number of rotatable bonds is 9. The largest absolute Gasteiger partial charge is 0.337 e. The molecule has 3 aromatic carbocycles. The molecule has 0 aliphatic heterocycles. The third kappa shape index (κ3) is 6.73. The number of benzene rings is 3. The normalized spacial score (nSPS) is 16.8. The monoisotopic (exact) mass is 602 g/mol. The number of nitrogens with one attached hydrogen (secondary N) is 1. The maximum absolute atomic E-state index is 14.0. The Balaban J connectivity index is 1.52. The molecule has 2 atom stereocenters. The lowest BCUT2D eigenvalue weighted by Crippen LogP contribution is -2.37. The molecule has 1 heterocycles. The quantitative estimate of drug-likeness (QED) is 0.232. The SMILES string of the molecule is Cc1cccc(S(=O)(=O)N[C@@H]2CCC(C)(C)c3ccc(N(Cc4nccn4C)C(=O)C[C@@H](C)c4cccc(F)c4)cc32)c1. The number of nitrogens with zero attached hydrogens (tertiary/aromatic N) is 3. The van der Waals surface area contributed by atoms with Crippen molar-refractivity contribution in [2.45, 2.75) is 75.8 Å². The minimum Gasteiger partial charge on any atom is -0.337 e. The summed E-state index contributed by atoms with van der Waals surface area (Å²) < 4.78 is 45.7. The van der Waals surface area contributed by atoms with Gasteiger partial charge in [0.15, 0.2) is 0 Å². The first-order valence-electron chi connectivity index (χ1n) is 14.6. The first-order chi connectivity index (χ1) is 20.3. The summed E-state index contributed by atoms with van der Waals surface area (Å²) in [6.07, 6.45) is 5.12. The molecular formula is C34H39FN4O3S. The van der Waals surface area contributed by atoms with Crippen molar-refractivity contribution >= 4 is 21.6 Å². The second kappa shape index (κ2) is 12.1. The first-order valence-corrected chi connectivity index (χ1v) is 16.1. The molecule has 7 nitrogen and oxygen atoms in total. The van der Waals surface area contributed by atoms with Crippen molar-refractivity contribution in [1.29, 1.82) is 0 Å². The second-order valence-corrected chi connectivity index (χ2v) is 14.0. The smallest absolute Gasteiger partial charge is 0.241 e. The summed E-state index contributed by atoms with van der Waals surface area (Å²) in [7, 11) is -1.90. The molecule has 0 bridgehead atoms. The predicted molar refractivity (Wildman–Crippen MR) is 167 cm³/mol. The number of carbonyl (C=O) groups is 1.